The van der Waals surface area contributed by atoms with Gasteiger partial charge in [-0.2, -0.15) is 5.10 Å². The van der Waals surface area contributed by atoms with E-state index >= 15 is 0 Å². The van der Waals surface area contributed by atoms with Gasteiger partial charge in [0.05, 0.1) is 12.3 Å². The Labute approximate surface area is 131 Å². The summed E-state index contributed by atoms with van der Waals surface area (Å²) in [5.74, 6) is -2.19. The Morgan fingerprint density at radius 2 is 2.04 bits per heavy atom. The van der Waals surface area contributed by atoms with Crippen LogP contribution in [0.3, 0.4) is 0 Å². The van der Waals surface area contributed by atoms with Crippen molar-refractivity contribution in [3.05, 3.63) is 47.5 Å². The second kappa shape index (κ2) is 7.01. The number of amides is 1. The van der Waals surface area contributed by atoms with E-state index in [0.29, 0.717) is 11.3 Å². The van der Waals surface area contributed by atoms with Gasteiger partial charge in [0.1, 0.15) is 5.82 Å². The first-order valence-corrected chi connectivity index (χ1v) is 6.77. The van der Waals surface area contributed by atoms with Gasteiger partial charge >= 0.3 is 5.97 Å². The third-order valence-corrected chi connectivity index (χ3v) is 3.14. The molecule has 0 aliphatic rings. The fourth-order valence-corrected chi connectivity index (χ4v) is 1.98. The molecule has 1 aromatic heterocycles. The second-order valence-corrected chi connectivity index (χ2v) is 4.90. The van der Waals surface area contributed by atoms with E-state index in [2.05, 4.69) is 10.4 Å². The number of nitrogens with one attached hydrogen (secondary N) is 1. The van der Waals surface area contributed by atoms with Gasteiger partial charge in [0.2, 0.25) is 0 Å². The maximum atomic E-state index is 12.9. The van der Waals surface area contributed by atoms with Crippen LogP contribution in [0.25, 0.3) is 5.69 Å². The summed E-state index contributed by atoms with van der Waals surface area (Å²) < 4.78 is 19.1. The molecule has 1 amide bonds. The SMILES string of the molecule is COCC(NC(=O)c1nn(-c2ccc(F)cc2)cc1C)C(=O)O. The van der Waals surface area contributed by atoms with Gasteiger partial charge in [0.15, 0.2) is 11.7 Å². The second-order valence-electron chi connectivity index (χ2n) is 4.90. The highest BCUT2D eigenvalue weighted by atomic mass is 19.1. The maximum absolute atomic E-state index is 12.9. The lowest BCUT2D eigenvalue weighted by Crippen LogP contribution is -2.44. The zero-order valence-electron chi connectivity index (χ0n) is 12.6. The van der Waals surface area contributed by atoms with Gasteiger partial charge in [-0.1, -0.05) is 0 Å². The van der Waals surface area contributed by atoms with Crippen LogP contribution < -0.4 is 5.32 Å². The molecule has 0 saturated heterocycles. The third-order valence-electron chi connectivity index (χ3n) is 3.14. The Bertz CT molecular complexity index is 712. The van der Waals surface area contributed by atoms with Crippen LogP contribution in [0.5, 0.6) is 0 Å². The standard InChI is InChI=1S/C15H16FN3O4/c1-9-7-19(11-5-3-10(16)4-6-11)18-13(9)14(20)17-12(8-23-2)15(21)22/h3-7,12H,8H2,1-2H3,(H,17,20)(H,21,22). The summed E-state index contributed by atoms with van der Waals surface area (Å²) in [5.41, 5.74) is 1.24. The van der Waals surface area contributed by atoms with Crippen LogP contribution in [0.2, 0.25) is 0 Å². The topological polar surface area (TPSA) is 93.5 Å². The molecule has 0 bridgehead atoms. The van der Waals surface area contributed by atoms with Gasteiger partial charge in [0.25, 0.3) is 5.91 Å². The summed E-state index contributed by atoms with van der Waals surface area (Å²) in [6, 6.07) is 4.45. The van der Waals surface area contributed by atoms with Crippen LogP contribution >= 0.6 is 0 Å². The van der Waals surface area contributed by atoms with Crippen LogP contribution in [0, 0.1) is 12.7 Å². The molecule has 0 spiro atoms. The van der Waals surface area contributed by atoms with Gasteiger partial charge in [0, 0.05) is 18.9 Å². The van der Waals surface area contributed by atoms with Crippen molar-refractivity contribution in [3.63, 3.8) is 0 Å². The maximum Gasteiger partial charge on any atom is 0.328 e. The van der Waals surface area contributed by atoms with Gasteiger partial charge in [-0.3, -0.25) is 4.79 Å². The molecule has 0 aliphatic heterocycles. The highest BCUT2D eigenvalue weighted by molar-refractivity contribution is 5.96. The number of nitrogens with zero attached hydrogens (tertiary/aromatic N) is 2. The summed E-state index contributed by atoms with van der Waals surface area (Å²) in [7, 11) is 1.34. The molecule has 122 valence electrons. The summed E-state index contributed by atoms with van der Waals surface area (Å²) in [4.78, 5) is 23.2. The molecule has 0 radical (unpaired) electrons. The van der Waals surface area contributed by atoms with Gasteiger partial charge in [-0.25, -0.2) is 13.9 Å². The minimum atomic E-state index is -1.20. The van der Waals surface area contributed by atoms with E-state index < -0.39 is 17.9 Å². The smallest absolute Gasteiger partial charge is 0.328 e. The number of carbonyl (C=O) groups excluding carboxylic acids is 1. The zero-order chi connectivity index (χ0) is 17.0. The van der Waals surface area contributed by atoms with Crippen molar-refractivity contribution in [2.24, 2.45) is 0 Å². The Kier molecular flexibility index (Phi) is 5.07. The molecule has 1 unspecified atom stereocenters. The average Bonchev–Trinajstić information content (AvgIpc) is 2.89. The summed E-state index contributed by atoms with van der Waals surface area (Å²) in [6.07, 6.45) is 1.61. The van der Waals surface area contributed by atoms with Crippen molar-refractivity contribution < 1.29 is 23.8 Å². The normalized spacial score (nSPS) is 12.0. The van der Waals surface area contributed by atoms with Crippen molar-refractivity contribution >= 4 is 11.9 Å². The van der Waals surface area contributed by atoms with Gasteiger partial charge < -0.3 is 15.2 Å². The molecule has 0 aliphatic carbocycles. The summed E-state index contributed by atoms with van der Waals surface area (Å²) in [5, 5.41) is 15.5. The number of methoxy groups -OCH3 is 1. The lowest BCUT2D eigenvalue weighted by Gasteiger charge is -2.12. The highest BCUT2D eigenvalue weighted by Gasteiger charge is 2.23. The zero-order valence-corrected chi connectivity index (χ0v) is 12.6. The van der Waals surface area contributed by atoms with Crippen LogP contribution in [0.4, 0.5) is 4.39 Å². The first kappa shape index (κ1) is 16.6. The van der Waals surface area contributed by atoms with Crippen molar-refractivity contribution in [2.45, 2.75) is 13.0 Å². The van der Waals surface area contributed by atoms with E-state index in [1.54, 1.807) is 13.1 Å². The summed E-state index contributed by atoms with van der Waals surface area (Å²) >= 11 is 0. The fraction of sp³-hybridized carbons (Fsp3) is 0.267. The number of rotatable bonds is 6. The van der Waals surface area contributed by atoms with Gasteiger partial charge in [-0.05, 0) is 31.2 Å². The molecular weight excluding hydrogens is 305 g/mol. The first-order chi connectivity index (χ1) is 10.9. The van der Waals surface area contributed by atoms with Crippen molar-refractivity contribution in [3.8, 4) is 5.69 Å². The van der Waals surface area contributed by atoms with Crippen molar-refractivity contribution in [1.29, 1.82) is 0 Å². The Balaban J connectivity index is 2.21. The van der Waals surface area contributed by atoms with Gasteiger partial charge in [-0.15, -0.1) is 0 Å². The number of carboxylic acid groups (broad SMARTS) is 1. The van der Waals surface area contributed by atoms with Crippen LogP contribution in [0.1, 0.15) is 16.1 Å². The number of benzene rings is 1. The molecular formula is C15H16FN3O4. The Morgan fingerprint density at radius 3 is 2.61 bits per heavy atom. The van der Waals surface area contributed by atoms with Crippen LogP contribution in [-0.4, -0.2) is 46.5 Å². The minimum Gasteiger partial charge on any atom is -0.480 e. The number of halogens is 1. The molecule has 8 heteroatoms. The number of aliphatic carboxylic acids is 1. The number of aromatic nitrogens is 2. The van der Waals surface area contributed by atoms with E-state index in [0.717, 1.165) is 0 Å². The molecule has 1 aromatic carbocycles. The largest absolute Gasteiger partial charge is 0.480 e. The first-order valence-electron chi connectivity index (χ1n) is 6.77. The van der Waals surface area contributed by atoms with E-state index in [9.17, 15) is 14.0 Å². The number of aryl methyl sites for hydroxylation is 1. The fourth-order valence-electron chi connectivity index (χ4n) is 1.98. The molecule has 2 aromatic rings. The Hall–Kier alpha value is -2.74. The van der Waals surface area contributed by atoms with E-state index in [4.69, 9.17) is 9.84 Å². The third kappa shape index (κ3) is 3.92. The molecule has 2 N–H and O–H groups in total. The highest BCUT2D eigenvalue weighted by Crippen LogP contribution is 2.12. The molecule has 23 heavy (non-hydrogen) atoms. The lowest BCUT2D eigenvalue weighted by molar-refractivity contribution is -0.140. The number of ether oxygens (including phenoxy) is 1. The Morgan fingerprint density at radius 1 is 1.39 bits per heavy atom. The minimum absolute atomic E-state index is 0.0941. The van der Waals surface area contributed by atoms with Crippen molar-refractivity contribution in [1.82, 2.24) is 15.1 Å². The van der Waals surface area contributed by atoms with Crippen LogP contribution in [-0.2, 0) is 9.53 Å². The molecule has 2 rings (SSSR count). The quantitative estimate of drug-likeness (QED) is 0.832. The molecule has 0 fully saturated rings. The number of hydrogen-bond donors (Lipinski definition) is 2. The molecule has 1 heterocycles. The lowest BCUT2D eigenvalue weighted by atomic mass is 10.2. The molecule has 1 atom stereocenters. The number of carbonyl (C=O) groups is 2. The number of carboxylic acids is 1. The van der Waals surface area contributed by atoms with Crippen molar-refractivity contribution in [2.75, 3.05) is 13.7 Å². The predicted molar refractivity (Wildman–Crippen MR) is 79.0 cm³/mol. The predicted octanol–water partition coefficient (Wildman–Crippen LogP) is 1.15. The van der Waals surface area contributed by atoms with E-state index in [1.807, 2.05) is 0 Å². The van der Waals surface area contributed by atoms with E-state index in [1.165, 1.54) is 36.1 Å². The number of hydrogen-bond acceptors (Lipinski definition) is 4. The molecule has 0 saturated carbocycles. The monoisotopic (exact) mass is 321 g/mol. The van der Waals surface area contributed by atoms with Crippen LogP contribution in [0.15, 0.2) is 30.5 Å². The molecule has 7 nitrogen and oxygen atoms in total. The van der Waals surface area contributed by atoms with E-state index in [-0.39, 0.29) is 18.1 Å². The average molecular weight is 321 g/mol. The summed E-state index contributed by atoms with van der Waals surface area (Å²) in [6.45, 7) is 1.52.